The molecule has 0 aliphatic heterocycles. The number of hydrogen-bond donors (Lipinski definition) is 0. The zero-order chi connectivity index (χ0) is 10.2. The van der Waals surface area contributed by atoms with Gasteiger partial charge in [-0.15, -0.1) is 0 Å². The number of hydrogen-bond acceptors (Lipinski definition) is 0. The number of rotatable bonds is 6. The number of unbranched alkanes of at least 4 members (excludes halogenated alkanes) is 3. The van der Waals surface area contributed by atoms with Gasteiger partial charge in [-0.1, -0.05) is 50.5 Å². The Kier molecular flexibility index (Phi) is 5.31. The SMILES string of the molecule is CCCCCCc1ccccc1C[O]. The molecule has 77 valence electrons. The second-order valence-electron chi connectivity index (χ2n) is 3.72. The zero-order valence-corrected chi connectivity index (χ0v) is 8.96. The Hall–Kier alpha value is -0.820. The largest absolute Gasteiger partial charge is 0.232 e. The second kappa shape index (κ2) is 6.61. The van der Waals surface area contributed by atoms with Gasteiger partial charge in [0.05, 0.1) is 0 Å². The average Bonchev–Trinajstić information content (AvgIpc) is 2.25. The van der Waals surface area contributed by atoms with Gasteiger partial charge in [0, 0.05) is 0 Å². The van der Waals surface area contributed by atoms with Crippen molar-refractivity contribution in [2.24, 2.45) is 0 Å². The van der Waals surface area contributed by atoms with Crippen LogP contribution >= 0.6 is 0 Å². The lowest BCUT2D eigenvalue weighted by Gasteiger charge is -2.05. The van der Waals surface area contributed by atoms with Crippen molar-refractivity contribution in [3.8, 4) is 0 Å². The third-order valence-corrected chi connectivity index (χ3v) is 2.57. The van der Waals surface area contributed by atoms with Crippen LogP contribution < -0.4 is 0 Å². The maximum absolute atomic E-state index is 10.8. The Labute approximate surface area is 86.8 Å². The Morgan fingerprint density at radius 3 is 2.36 bits per heavy atom. The highest BCUT2D eigenvalue weighted by Gasteiger charge is 2.00. The Bertz CT molecular complexity index is 255. The lowest BCUT2D eigenvalue weighted by atomic mass is 10.0. The van der Waals surface area contributed by atoms with Crippen LogP contribution in [0.25, 0.3) is 0 Å². The van der Waals surface area contributed by atoms with Crippen LogP contribution in [-0.4, -0.2) is 0 Å². The zero-order valence-electron chi connectivity index (χ0n) is 8.96. The second-order valence-corrected chi connectivity index (χ2v) is 3.72. The first-order valence-corrected chi connectivity index (χ1v) is 5.53. The van der Waals surface area contributed by atoms with Crippen LogP contribution in [0.2, 0.25) is 0 Å². The van der Waals surface area contributed by atoms with Crippen molar-refractivity contribution in [2.45, 2.75) is 45.6 Å². The molecular formula is C13H19O. The van der Waals surface area contributed by atoms with Crippen molar-refractivity contribution in [3.63, 3.8) is 0 Å². The van der Waals surface area contributed by atoms with Crippen molar-refractivity contribution < 1.29 is 5.11 Å². The van der Waals surface area contributed by atoms with Gasteiger partial charge < -0.3 is 0 Å². The monoisotopic (exact) mass is 191 g/mol. The molecule has 0 aliphatic rings. The van der Waals surface area contributed by atoms with E-state index in [0.717, 1.165) is 12.0 Å². The van der Waals surface area contributed by atoms with Crippen LogP contribution in [0.3, 0.4) is 0 Å². The summed E-state index contributed by atoms with van der Waals surface area (Å²) in [4.78, 5) is 0. The van der Waals surface area contributed by atoms with E-state index < -0.39 is 0 Å². The molecule has 0 saturated carbocycles. The van der Waals surface area contributed by atoms with Crippen LogP contribution in [0.1, 0.15) is 43.7 Å². The normalized spacial score (nSPS) is 10.4. The molecule has 0 fully saturated rings. The minimum atomic E-state index is -0.0794. The maximum atomic E-state index is 10.8. The molecule has 1 rings (SSSR count). The third-order valence-electron chi connectivity index (χ3n) is 2.57. The molecule has 1 aromatic rings. The Morgan fingerprint density at radius 1 is 1.00 bits per heavy atom. The van der Waals surface area contributed by atoms with Crippen LogP contribution in [0.5, 0.6) is 0 Å². The highest BCUT2D eigenvalue weighted by molar-refractivity contribution is 5.26. The van der Waals surface area contributed by atoms with Gasteiger partial charge in [-0.05, 0) is 24.0 Å². The molecule has 0 atom stereocenters. The van der Waals surface area contributed by atoms with Crippen LogP contribution in [0.15, 0.2) is 24.3 Å². The number of benzene rings is 1. The fraction of sp³-hybridized carbons (Fsp3) is 0.538. The molecule has 0 unspecified atom stereocenters. The topological polar surface area (TPSA) is 19.9 Å². The lowest BCUT2D eigenvalue weighted by molar-refractivity contribution is 0.176. The van der Waals surface area contributed by atoms with Crippen molar-refractivity contribution in [2.75, 3.05) is 0 Å². The summed E-state index contributed by atoms with van der Waals surface area (Å²) >= 11 is 0. The first kappa shape index (κ1) is 11.3. The molecule has 0 aromatic heterocycles. The molecule has 0 N–H and O–H groups in total. The molecule has 0 amide bonds. The first-order chi connectivity index (χ1) is 6.88. The summed E-state index contributed by atoms with van der Waals surface area (Å²) in [5.74, 6) is 0. The fourth-order valence-corrected chi connectivity index (χ4v) is 1.68. The van der Waals surface area contributed by atoms with E-state index in [-0.39, 0.29) is 6.61 Å². The van der Waals surface area contributed by atoms with E-state index in [9.17, 15) is 5.11 Å². The standard InChI is InChI=1S/C13H19O/c1-2-3-4-5-8-12-9-6-7-10-13(12)11-14/h6-7,9-10H,2-5,8,11H2,1H3. The van der Waals surface area contributed by atoms with Gasteiger partial charge in [0.25, 0.3) is 0 Å². The van der Waals surface area contributed by atoms with E-state index in [2.05, 4.69) is 13.0 Å². The van der Waals surface area contributed by atoms with E-state index >= 15 is 0 Å². The van der Waals surface area contributed by atoms with Crippen LogP contribution in [0.4, 0.5) is 0 Å². The van der Waals surface area contributed by atoms with Crippen molar-refractivity contribution in [1.29, 1.82) is 0 Å². The molecule has 0 heterocycles. The highest BCUT2D eigenvalue weighted by Crippen LogP contribution is 2.13. The molecule has 14 heavy (non-hydrogen) atoms. The third kappa shape index (κ3) is 3.51. The molecule has 0 aliphatic carbocycles. The van der Waals surface area contributed by atoms with E-state index in [0.29, 0.717) is 0 Å². The maximum Gasteiger partial charge on any atom is 0.108 e. The van der Waals surface area contributed by atoms with Crippen LogP contribution in [-0.2, 0) is 18.1 Å². The predicted molar refractivity (Wildman–Crippen MR) is 58.7 cm³/mol. The van der Waals surface area contributed by atoms with Gasteiger partial charge in [0.2, 0.25) is 0 Å². The molecule has 1 aromatic carbocycles. The fourth-order valence-electron chi connectivity index (χ4n) is 1.68. The van der Waals surface area contributed by atoms with Crippen molar-refractivity contribution in [1.82, 2.24) is 0 Å². The summed E-state index contributed by atoms with van der Waals surface area (Å²) in [6.45, 7) is 2.13. The molecule has 0 bridgehead atoms. The molecule has 1 nitrogen and oxygen atoms in total. The molecule has 1 heteroatoms. The van der Waals surface area contributed by atoms with Gasteiger partial charge in [0.15, 0.2) is 0 Å². The Morgan fingerprint density at radius 2 is 1.71 bits per heavy atom. The van der Waals surface area contributed by atoms with Gasteiger partial charge in [-0.3, -0.25) is 0 Å². The lowest BCUT2D eigenvalue weighted by Crippen LogP contribution is -1.93. The quantitative estimate of drug-likeness (QED) is 0.610. The van der Waals surface area contributed by atoms with Gasteiger partial charge in [0.1, 0.15) is 6.61 Å². The van der Waals surface area contributed by atoms with E-state index in [1.165, 1.54) is 31.2 Å². The minimum Gasteiger partial charge on any atom is -0.232 e. The van der Waals surface area contributed by atoms with Crippen LogP contribution in [0, 0.1) is 0 Å². The molecule has 0 spiro atoms. The highest BCUT2D eigenvalue weighted by atomic mass is 16.3. The van der Waals surface area contributed by atoms with E-state index in [1.54, 1.807) is 0 Å². The van der Waals surface area contributed by atoms with Gasteiger partial charge in [-0.2, -0.15) is 0 Å². The molecular weight excluding hydrogens is 172 g/mol. The smallest absolute Gasteiger partial charge is 0.108 e. The number of aryl methyl sites for hydroxylation is 1. The van der Waals surface area contributed by atoms with Gasteiger partial charge in [-0.25, -0.2) is 5.11 Å². The van der Waals surface area contributed by atoms with E-state index in [4.69, 9.17) is 0 Å². The molecule has 0 saturated heterocycles. The average molecular weight is 191 g/mol. The first-order valence-electron chi connectivity index (χ1n) is 5.53. The summed E-state index contributed by atoms with van der Waals surface area (Å²) in [6.07, 6.45) is 6.13. The summed E-state index contributed by atoms with van der Waals surface area (Å²) in [6, 6.07) is 8.00. The minimum absolute atomic E-state index is 0.0794. The van der Waals surface area contributed by atoms with Crippen molar-refractivity contribution in [3.05, 3.63) is 35.4 Å². The Balaban J connectivity index is 2.41. The molecule has 1 radical (unpaired) electrons. The summed E-state index contributed by atoms with van der Waals surface area (Å²) in [5, 5.41) is 10.8. The predicted octanol–water partition coefficient (Wildman–Crippen LogP) is 3.74. The summed E-state index contributed by atoms with van der Waals surface area (Å²) in [5.41, 5.74) is 2.22. The van der Waals surface area contributed by atoms with E-state index in [1.807, 2.05) is 18.2 Å². The van der Waals surface area contributed by atoms with Gasteiger partial charge >= 0.3 is 0 Å². The van der Waals surface area contributed by atoms with Crippen molar-refractivity contribution >= 4 is 0 Å². The summed E-state index contributed by atoms with van der Waals surface area (Å²) < 4.78 is 0. The summed E-state index contributed by atoms with van der Waals surface area (Å²) in [7, 11) is 0.